The number of nitrogens with one attached hydrogen (secondary N) is 1. The monoisotopic (exact) mass is 553 g/mol. The standard InChI is InChI=1S/C38H23N3O2/c1-2-10-23-21-31-28(19-22(23)9-1)25-11-3-6-14-30(25)41(31)37-35-27-13-5-8-16-33(27)43-38(35)40-36(39-37)24-17-18-34-29(20-24)26-12-4-7-15-32(26)42-34/h1-21,36,40H. The lowest BCUT2D eigenvalue weighted by Gasteiger charge is -2.24. The summed E-state index contributed by atoms with van der Waals surface area (Å²) in [7, 11) is 0. The zero-order chi connectivity index (χ0) is 28.1. The van der Waals surface area contributed by atoms with Gasteiger partial charge in [-0.1, -0.05) is 84.9 Å². The summed E-state index contributed by atoms with van der Waals surface area (Å²) >= 11 is 0. The van der Waals surface area contributed by atoms with E-state index in [-0.39, 0.29) is 6.17 Å². The van der Waals surface area contributed by atoms with Crippen LogP contribution in [0.4, 0.5) is 5.88 Å². The molecular formula is C38H23N3O2. The topological polar surface area (TPSA) is 55.6 Å². The number of hydrogen-bond acceptors (Lipinski definition) is 4. The Bertz CT molecular complexity index is 2620. The zero-order valence-corrected chi connectivity index (χ0v) is 22.9. The summed E-state index contributed by atoms with van der Waals surface area (Å²) < 4.78 is 14.9. The minimum atomic E-state index is -0.363. The highest BCUT2D eigenvalue weighted by molar-refractivity contribution is 6.24. The predicted molar refractivity (Wildman–Crippen MR) is 175 cm³/mol. The third-order valence-corrected chi connectivity index (χ3v) is 8.81. The van der Waals surface area contributed by atoms with Crippen molar-refractivity contribution in [1.82, 2.24) is 4.57 Å². The molecule has 43 heavy (non-hydrogen) atoms. The van der Waals surface area contributed by atoms with Gasteiger partial charge >= 0.3 is 0 Å². The van der Waals surface area contributed by atoms with Gasteiger partial charge in [0.25, 0.3) is 0 Å². The van der Waals surface area contributed by atoms with Gasteiger partial charge in [0, 0.05) is 26.9 Å². The Kier molecular flexibility index (Phi) is 4.44. The van der Waals surface area contributed by atoms with Crippen LogP contribution < -0.4 is 5.32 Å². The number of aliphatic imine (C=N–C) groups is 1. The molecule has 4 heterocycles. The van der Waals surface area contributed by atoms with Crippen LogP contribution >= 0.6 is 0 Å². The second-order valence-corrected chi connectivity index (χ2v) is 11.2. The van der Waals surface area contributed by atoms with E-state index in [2.05, 4.69) is 101 Å². The van der Waals surface area contributed by atoms with Crippen molar-refractivity contribution in [3.05, 3.63) is 139 Å². The third-order valence-electron chi connectivity index (χ3n) is 8.81. The second kappa shape index (κ2) is 8.37. The Morgan fingerprint density at radius 1 is 0.535 bits per heavy atom. The van der Waals surface area contributed by atoms with Gasteiger partial charge in [0.2, 0.25) is 5.88 Å². The molecule has 1 N–H and O–H groups in total. The molecule has 0 fully saturated rings. The maximum Gasteiger partial charge on any atom is 0.207 e. The molecule has 1 aliphatic rings. The first kappa shape index (κ1) is 22.8. The number of fused-ring (bicyclic) bond motifs is 10. The van der Waals surface area contributed by atoms with Gasteiger partial charge in [-0.3, -0.25) is 4.57 Å². The Balaban J connectivity index is 1.28. The molecular weight excluding hydrogens is 530 g/mol. The predicted octanol–water partition coefficient (Wildman–Crippen LogP) is 10.0. The minimum absolute atomic E-state index is 0.363. The van der Waals surface area contributed by atoms with Crippen LogP contribution in [-0.2, 0) is 0 Å². The molecule has 0 aliphatic carbocycles. The summed E-state index contributed by atoms with van der Waals surface area (Å²) in [5.74, 6) is 1.59. The molecule has 0 saturated carbocycles. The molecule has 5 heteroatoms. The van der Waals surface area contributed by atoms with Crippen LogP contribution in [0.15, 0.2) is 141 Å². The van der Waals surface area contributed by atoms with E-state index in [9.17, 15) is 0 Å². The van der Waals surface area contributed by atoms with E-state index in [0.717, 1.165) is 66.8 Å². The fourth-order valence-corrected chi connectivity index (χ4v) is 6.84. The lowest BCUT2D eigenvalue weighted by atomic mass is 10.0. The number of benzene rings is 6. The van der Waals surface area contributed by atoms with E-state index in [1.165, 1.54) is 21.5 Å². The lowest BCUT2D eigenvalue weighted by molar-refractivity contribution is 0.608. The summed E-state index contributed by atoms with van der Waals surface area (Å²) in [5, 5.41) is 11.6. The van der Waals surface area contributed by atoms with Gasteiger partial charge in [-0.2, -0.15) is 0 Å². The van der Waals surface area contributed by atoms with Crippen molar-refractivity contribution in [2.24, 2.45) is 4.99 Å². The van der Waals surface area contributed by atoms with E-state index in [1.54, 1.807) is 0 Å². The lowest BCUT2D eigenvalue weighted by Crippen LogP contribution is -2.24. The van der Waals surface area contributed by atoms with Crippen LogP contribution in [0, 0.1) is 0 Å². The Morgan fingerprint density at radius 3 is 2.07 bits per heavy atom. The Hall–Kier alpha value is -5.81. The maximum absolute atomic E-state index is 6.48. The van der Waals surface area contributed by atoms with Gasteiger partial charge in [-0.25, -0.2) is 4.99 Å². The number of hydrogen-bond donors (Lipinski definition) is 1. The molecule has 0 saturated heterocycles. The van der Waals surface area contributed by atoms with Crippen LogP contribution in [-0.4, -0.2) is 10.4 Å². The molecule has 5 nitrogen and oxygen atoms in total. The summed E-state index contributed by atoms with van der Waals surface area (Å²) in [6, 6.07) is 44.4. The first-order chi connectivity index (χ1) is 21.3. The highest BCUT2D eigenvalue weighted by Crippen LogP contribution is 2.42. The molecule has 202 valence electrons. The fraction of sp³-hybridized carbons (Fsp3) is 0.0263. The molecule has 0 bridgehead atoms. The summed E-state index contributed by atoms with van der Waals surface area (Å²) in [6.45, 7) is 0. The molecule has 9 aromatic rings. The van der Waals surface area contributed by atoms with E-state index >= 15 is 0 Å². The van der Waals surface area contributed by atoms with Gasteiger partial charge in [-0.05, 0) is 58.8 Å². The first-order valence-corrected chi connectivity index (χ1v) is 14.5. The Morgan fingerprint density at radius 2 is 1.21 bits per heavy atom. The molecule has 6 aromatic carbocycles. The normalized spacial score (nSPS) is 15.1. The zero-order valence-electron chi connectivity index (χ0n) is 22.9. The molecule has 0 amide bonds. The smallest absolute Gasteiger partial charge is 0.207 e. The van der Waals surface area contributed by atoms with E-state index < -0.39 is 0 Å². The average Bonchev–Trinajstić information content (AvgIpc) is 3.72. The van der Waals surface area contributed by atoms with Gasteiger partial charge in [-0.15, -0.1) is 0 Å². The number of para-hydroxylation sites is 3. The highest BCUT2D eigenvalue weighted by atomic mass is 16.4. The van der Waals surface area contributed by atoms with Crippen LogP contribution in [0.2, 0.25) is 0 Å². The van der Waals surface area contributed by atoms with Crippen molar-refractivity contribution in [1.29, 1.82) is 0 Å². The SMILES string of the molecule is c1ccc2cc3c(cc2c1)c1ccccc1n3C1=NC(c2ccc3oc4ccccc4c3c2)Nc2oc3ccccc3c21. The number of anilines is 1. The molecule has 0 radical (unpaired) electrons. The number of rotatable bonds is 1. The first-order valence-electron chi connectivity index (χ1n) is 14.5. The van der Waals surface area contributed by atoms with Crippen LogP contribution in [0.3, 0.4) is 0 Å². The van der Waals surface area contributed by atoms with Gasteiger partial charge in [0.1, 0.15) is 28.8 Å². The van der Waals surface area contributed by atoms with Gasteiger partial charge in [0.05, 0.1) is 16.6 Å². The number of aromatic nitrogens is 1. The van der Waals surface area contributed by atoms with Crippen molar-refractivity contribution in [3.63, 3.8) is 0 Å². The molecule has 3 aromatic heterocycles. The minimum Gasteiger partial charge on any atom is -0.456 e. The molecule has 1 aliphatic heterocycles. The van der Waals surface area contributed by atoms with Crippen molar-refractivity contribution >= 4 is 77.2 Å². The van der Waals surface area contributed by atoms with Crippen molar-refractivity contribution in [2.45, 2.75) is 6.17 Å². The third kappa shape index (κ3) is 3.19. The summed E-state index contributed by atoms with van der Waals surface area (Å²) in [6.07, 6.45) is -0.363. The summed E-state index contributed by atoms with van der Waals surface area (Å²) in [4.78, 5) is 5.49. The average molecular weight is 554 g/mol. The van der Waals surface area contributed by atoms with E-state index in [0.29, 0.717) is 0 Å². The quantitative estimate of drug-likeness (QED) is 0.220. The van der Waals surface area contributed by atoms with E-state index in [4.69, 9.17) is 13.8 Å². The fourth-order valence-electron chi connectivity index (χ4n) is 6.84. The molecule has 1 unspecified atom stereocenters. The van der Waals surface area contributed by atoms with Crippen molar-refractivity contribution < 1.29 is 8.83 Å². The van der Waals surface area contributed by atoms with E-state index in [1.807, 2.05) is 36.4 Å². The number of nitrogens with zero attached hydrogens (tertiary/aromatic N) is 2. The maximum atomic E-state index is 6.48. The van der Waals surface area contributed by atoms with Crippen LogP contribution in [0.1, 0.15) is 17.3 Å². The highest BCUT2D eigenvalue weighted by Gasteiger charge is 2.30. The molecule has 10 rings (SSSR count). The molecule has 0 spiro atoms. The Labute approximate surface area is 245 Å². The number of furan rings is 2. The summed E-state index contributed by atoms with van der Waals surface area (Å²) in [5.41, 5.74) is 6.81. The van der Waals surface area contributed by atoms with Gasteiger partial charge < -0.3 is 14.2 Å². The van der Waals surface area contributed by atoms with Crippen LogP contribution in [0.25, 0.3) is 65.5 Å². The van der Waals surface area contributed by atoms with Crippen molar-refractivity contribution in [3.8, 4) is 0 Å². The van der Waals surface area contributed by atoms with Crippen LogP contribution in [0.5, 0.6) is 0 Å². The second-order valence-electron chi connectivity index (χ2n) is 11.2. The molecule has 1 atom stereocenters. The largest absolute Gasteiger partial charge is 0.456 e. The van der Waals surface area contributed by atoms with Gasteiger partial charge in [0.15, 0.2) is 0 Å². The van der Waals surface area contributed by atoms with Crippen molar-refractivity contribution in [2.75, 3.05) is 5.32 Å².